The summed E-state index contributed by atoms with van der Waals surface area (Å²) in [5.41, 5.74) is 13.3. The van der Waals surface area contributed by atoms with E-state index in [0.29, 0.717) is 17.1 Å². The van der Waals surface area contributed by atoms with Gasteiger partial charge in [0.05, 0.1) is 6.42 Å². The number of nitrogen functional groups attached to an aromatic ring is 1. The van der Waals surface area contributed by atoms with Crippen molar-refractivity contribution in [1.82, 2.24) is 0 Å². The summed E-state index contributed by atoms with van der Waals surface area (Å²) in [5.74, 6) is -0.156. The second-order valence-electron chi connectivity index (χ2n) is 4.54. The highest BCUT2D eigenvalue weighted by molar-refractivity contribution is 5.94. The van der Waals surface area contributed by atoms with Crippen LogP contribution in [0.2, 0.25) is 0 Å². The van der Waals surface area contributed by atoms with E-state index in [1.54, 1.807) is 48.5 Å². The smallest absolute Gasteiger partial charge is 0.316 e. The third-order valence-electron chi connectivity index (χ3n) is 2.76. The molecule has 6 nitrogen and oxygen atoms in total. The highest BCUT2D eigenvalue weighted by atomic mass is 16.2. The number of carbonyl (C=O) groups excluding carboxylic acids is 2. The van der Waals surface area contributed by atoms with Crippen molar-refractivity contribution in [2.24, 2.45) is 5.73 Å². The number of benzene rings is 2. The van der Waals surface area contributed by atoms with Crippen LogP contribution in [-0.2, 0) is 11.2 Å². The number of rotatable bonds is 4. The molecule has 0 aromatic heterocycles. The van der Waals surface area contributed by atoms with E-state index in [1.165, 1.54) is 0 Å². The van der Waals surface area contributed by atoms with Gasteiger partial charge in [-0.2, -0.15) is 0 Å². The first kappa shape index (κ1) is 14.4. The lowest BCUT2D eigenvalue weighted by atomic mass is 10.1. The van der Waals surface area contributed by atoms with Gasteiger partial charge in [-0.05, 0) is 35.9 Å². The van der Waals surface area contributed by atoms with Gasteiger partial charge in [0.1, 0.15) is 0 Å². The minimum Gasteiger partial charge on any atom is -0.399 e. The van der Waals surface area contributed by atoms with Crippen molar-refractivity contribution < 1.29 is 9.59 Å². The molecule has 6 N–H and O–H groups in total. The number of carbonyl (C=O) groups is 2. The van der Waals surface area contributed by atoms with E-state index in [4.69, 9.17) is 11.5 Å². The molecule has 2 rings (SSSR count). The normalized spacial score (nSPS) is 9.90. The summed E-state index contributed by atoms with van der Waals surface area (Å²) >= 11 is 0. The second kappa shape index (κ2) is 6.42. The lowest BCUT2D eigenvalue weighted by Crippen LogP contribution is -2.19. The summed E-state index contributed by atoms with van der Waals surface area (Å²) in [6.07, 6.45) is 0.244. The molecule has 0 radical (unpaired) electrons. The van der Waals surface area contributed by atoms with Crippen molar-refractivity contribution >= 4 is 29.0 Å². The van der Waals surface area contributed by atoms with Crippen LogP contribution in [0.5, 0.6) is 0 Å². The number of hydrogen-bond donors (Lipinski definition) is 4. The summed E-state index contributed by atoms with van der Waals surface area (Å²) < 4.78 is 0. The molecular formula is C15H16N4O2. The van der Waals surface area contributed by atoms with E-state index >= 15 is 0 Å². The molecule has 2 aromatic rings. The second-order valence-corrected chi connectivity index (χ2v) is 4.54. The van der Waals surface area contributed by atoms with Crippen molar-refractivity contribution in [1.29, 1.82) is 0 Å². The van der Waals surface area contributed by atoms with Gasteiger partial charge in [0.15, 0.2) is 0 Å². The zero-order valence-electron chi connectivity index (χ0n) is 11.3. The van der Waals surface area contributed by atoms with E-state index in [1.807, 2.05) is 0 Å². The Morgan fingerprint density at radius 1 is 0.952 bits per heavy atom. The maximum atomic E-state index is 11.9. The molecule has 0 saturated heterocycles. The summed E-state index contributed by atoms with van der Waals surface area (Å²) in [4.78, 5) is 22.7. The maximum absolute atomic E-state index is 11.9. The van der Waals surface area contributed by atoms with Gasteiger partial charge in [0, 0.05) is 17.1 Å². The van der Waals surface area contributed by atoms with Gasteiger partial charge < -0.3 is 22.1 Å². The fraction of sp³-hybridized carbons (Fsp3) is 0.0667. The first-order valence-corrected chi connectivity index (χ1v) is 6.34. The Balaban J connectivity index is 1.99. The molecule has 0 saturated carbocycles. The lowest BCUT2D eigenvalue weighted by molar-refractivity contribution is -0.115. The Morgan fingerprint density at radius 3 is 2.19 bits per heavy atom. The van der Waals surface area contributed by atoms with Crippen LogP contribution in [0.25, 0.3) is 0 Å². The SMILES string of the molecule is NC(=O)Nc1cccc(NC(=O)Cc2ccc(N)cc2)c1. The first-order valence-electron chi connectivity index (χ1n) is 6.34. The predicted molar refractivity (Wildman–Crippen MR) is 82.8 cm³/mol. The van der Waals surface area contributed by atoms with Crippen LogP contribution in [0.3, 0.4) is 0 Å². The van der Waals surface area contributed by atoms with Gasteiger partial charge in [0.2, 0.25) is 5.91 Å². The molecule has 0 spiro atoms. The van der Waals surface area contributed by atoms with Gasteiger partial charge in [-0.15, -0.1) is 0 Å². The van der Waals surface area contributed by atoms with E-state index in [9.17, 15) is 9.59 Å². The molecule has 6 heteroatoms. The Bertz CT molecular complexity index is 653. The third-order valence-corrected chi connectivity index (χ3v) is 2.76. The fourth-order valence-corrected chi connectivity index (χ4v) is 1.84. The molecule has 0 aliphatic carbocycles. The van der Waals surface area contributed by atoms with Crippen LogP contribution in [0.4, 0.5) is 21.9 Å². The molecule has 0 atom stereocenters. The number of nitrogens with two attached hydrogens (primary N) is 2. The standard InChI is InChI=1S/C15H16N4O2/c16-11-6-4-10(5-7-11)8-14(20)18-12-2-1-3-13(9-12)19-15(17)21/h1-7,9H,8,16H2,(H,18,20)(H3,17,19,21). The summed E-state index contributed by atoms with van der Waals surface area (Å²) in [5, 5.41) is 5.20. The minimum atomic E-state index is -0.652. The predicted octanol–water partition coefficient (Wildman–Crippen LogP) is 1.94. The molecule has 3 amide bonds. The Morgan fingerprint density at radius 2 is 1.57 bits per heavy atom. The zero-order valence-corrected chi connectivity index (χ0v) is 11.3. The molecule has 0 unspecified atom stereocenters. The lowest BCUT2D eigenvalue weighted by Gasteiger charge is -2.08. The van der Waals surface area contributed by atoms with E-state index in [-0.39, 0.29) is 12.3 Å². The van der Waals surface area contributed by atoms with Crippen LogP contribution in [0.15, 0.2) is 48.5 Å². The quantitative estimate of drug-likeness (QED) is 0.644. The van der Waals surface area contributed by atoms with Crippen LogP contribution in [0.1, 0.15) is 5.56 Å². The molecule has 0 fully saturated rings. The van der Waals surface area contributed by atoms with Gasteiger partial charge >= 0.3 is 6.03 Å². The van der Waals surface area contributed by atoms with E-state index in [0.717, 1.165) is 5.56 Å². The number of anilines is 3. The molecule has 0 aliphatic rings. The van der Waals surface area contributed by atoms with Crippen LogP contribution in [-0.4, -0.2) is 11.9 Å². The number of hydrogen-bond acceptors (Lipinski definition) is 3. The van der Waals surface area contributed by atoms with Crippen molar-refractivity contribution in [3.63, 3.8) is 0 Å². The molecule has 0 aliphatic heterocycles. The Labute approximate surface area is 122 Å². The van der Waals surface area contributed by atoms with Crippen molar-refractivity contribution in [2.75, 3.05) is 16.4 Å². The molecule has 21 heavy (non-hydrogen) atoms. The van der Waals surface area contributed by atoms with Crippen molar-refractivity contribution in [3.05, 3.63) is 54.1 Å². The summed E-state index contributed by atoms with van der Waals surface area (Å²) in [7, 11) is 0. The zero-order chi connectivity index (χ0) is 15.2. The van der Waals surface area contributed by atoms with Crippen molar-refractivity contribution in [2.45, 2.75) is 6.42 Å². The van der Waals surface area contributed by atoms with E-state index < -0.39 is 6.03 Å². The Hall–Kier alpha value is -3.02. The summed E-state index contributed by atoms with van der Waals surface area (Å²) in [6, 6.07) is 13.2. The average molecular weight is 284 g/mol. The molecule has 0 heterocycles. The third kappa shape index (κ3) is 4.54. The topological polar surface area (TPSA) is 110 Å². The highest BCUT2D eigenvalue weighted by Crippen LogP contribution is 2.15. The Kier molecular flexibility index (Phi) is 4.40. The summed E-state index contributed by atoms with van der Waals surface area (Å²) in [6.45, 7) is 0. The van der Waals surface area contributed by atoms with Crippen LogP contribution >= 0.6 is 0 Å². The van der Waals surface area contributed by atoms with E-state index in [2.05, 4.69) is 10.6 Å². The van der Waals surface area contributed by atoms with Crippen molar-refractivity contribution in [3.8, 4) is 0 Å². The molecular weight excluding hydrogens is 268 g/mol. The van der Waals surface area contributed by atoms with Gasteiger partial charge in [-0.3, -0.25) is 4.79 Å². The fourth-order valence-electron chi connectivity index (χ4n) is 1.84. The molecule has 2 aromatic carbocycles. The first-order chi connectivity index (χ1) is 10.0. The molecule has 108 valence electrons. The number of nitrogens with one attached hydrogen (secondary N) is 2. The van der Waals surface area contributed by atoms with Crippen LogP contribution < -0.4 is 22.1 Å². The highest BCUT2D eigenvalue weighted by Gasteiger charge is 2.05. The van der Waals surface area contributed by atoms with Crippen LogP contribution in [0, 0.1) is 0 Å². The van der Waals surface area contributed by atoms with Gasteiger partial charge in [-0.1, -0.05) is 18.2 Å². The largest absolute Gasteiger partial charge is 0.399 e. The van der Waals surface area contributed by atoms with Gasteiger partial charge in [0.25, 0.3) is 0 Å². The monoisotopic (exact) mass is 284 g/mol. The molecule has 0 bridgehead atoms. The average Bonchev–Trinajstić information content (AvgIpc) is 2.41. The number of urea groups is 1. The maximum Gasteiger partial charge on any atom is 0.316 e. The number of amides is 3. The number of primary amides is 1. The minimum absolute atomic E-state index is 0.156. The van der Waals surface area contributed by atoms with Gasteiger partial charge in [-0.25, -0.2) is 4.79 Å².